The summed E-state index contributed by atoms with van der Waals surface area (Å²) >= 11 is 0. The first kappa shape index (κ1) is 16.8. The average molecular weight is 294 g/mol. The van der Waals surface area contributed by atoms with Crippen LogP contribution in [0.5, 0.6) is 0 Å². The van der Waals surface area contributed by atoms with E-state index in [9.17, 15) is 4.79 Å². The van der Waals surface area contributed by atoms with Crippen molar-refractivity contribution < 1.29 is 4.79 Å². The van der Waals surface area contributed by atoms with Gasteiger partial charge in [0.25, 0.3) is 0 Å². The second-order valence-corrected chi connectivity index (χ2v) is 9.21. The lowest BCUT2D eigenvalue weighted by Crippen LogP contribution is -2.52. The van der Waals surface area contributed by atoms with E-state index in [4.69, 9.17) is 5.73 Å². The molecule has 2 saturated carbocycles. The van der Waals surface area contributed by atoms with Crippen LogP contribution in [-0.2, 0) is 4.79 Å². The summed E-state index contributed by atoms with van der Waals surface area (Å²) in [6.45, 7) is 11.5. The van der Waals surface area contributed by atoms with Gasteiger partial charge in [-0.1, -0.05) is 41.0 Å². The predicted molar refractivity (Wildman–Crippen MR) is 87.8 cm³/mol. The summed E-state index contributed by atoms with van der Waals surface area (Å²) in [5, 5.41) is 3.33. The lowest BCUT2D eigenvalue weighted by atomic mass is 9.63. The van der Waals surface area contributed by atoms with Gasteiger partial charge < -0.3 is 11.1 Å². The number of nitrogens with two attached hydrogens (primary N) is 1. The Balaban J connectivity index is 1.99. The highest BCUT2D eigenvalue weighted by molar-refractivity contribution is 5.79. The van der Waals surface area contributed by atoms with Crippen molar-refractivity contribution in [2.75, 3.05) is 0 Å². The van der Waals surface area contributed by atoms with Crippen LogP contribution >= 0.6 is 0 Å². The van der Waals surface area contributed by atoms with E-state index in [0.29, 0.717) is 22.8 Å². The Morgan fingerprint density at radius 1 is 1.10 bits per heavy atom. The van der Waals surface area contributed by atoms with Crippen LogP contribution in [0.3, 0.4) is 0 Å². The number of carbonyl (C=O) groups is 1. The third kappa shape index (κ3) is 4.21. The zero-order valence-electron chi connectivity index (χ0n) is 14.5. The van der Waals surface area contributed by atoms with E-state index in [0.717, 1.165) is 32.1 Å². The molecule has 1 amide bonds. The molecule has 2 rings (SSSR count). The maximum Gasteiger partial charge on any atom is 0.224 e. The summed E-state index contributed by atoms with van der Waals surface area (Å²) in [5.41, 5.74) is 6.89. The van der Waals surface area contributed by atoms with E-state index >= 15 is 0 Å². The van der Waals surface area contributed by atoms with Crippen LogP contribution in [0.15, 0.2) is 0 Å². The topological polar surface area (TPSA) is 55.1 Å². The zero-order valence-corrected chi connectivity index (χ0v) is 14.5. The van der Waals surface area contributed by atoms with Crippen molar-refractivity contribution in [1.82, 2.24) is 5.32 Å². The second-order valence-electron chi connectivity index (χ2n) is 9.21. The Morgan fingerprint density at radius 2 is 1.67 bits per heavy atom. The fourth-order valence-corrected chi connectivity index (χ4v) is 5.00. The molecule has 0 spiro atoms. The van der Waals surface area contributed by atoms with E-state index < -0.39 is 0 Å². The average Bonchev–Trinajstić information content (AvgIpc) is 2.28. The summed E-state index contributed by atoms with van der Waals surface area (Å²) in [7, 11) is 0. The van der Waals surface area contributed by atoms with Gasteiger partial charge in [-0.3, -0.25) is 4.79 Å². The zero-order chi connectivity index (χ0) is 15.8. The number of hydrogen-bond donors (Lipinski definition) is 2. The van der Waals surface area contributed by atoms with Crippen molar-refractivity contribution in [1.29, 1.82) is 0 Å². The van der Waals surface area contributed by atoms with E-state index in [2.05, 4.69) is 39.9 Å². The minimum atomic E-state index is 0.0156. The molecule has 2 fully saturated rings. The van der Waals surface area contributed by atoms with Crippen LogP contribution in [0.2, 0.25) is 0 Å². The summed E-state index contributed by atoms with van der Waals surface area (Å²) in [6, 6.07) is 0.337. The van der Waals surface area contributed by atoms with E-state index in [1.54, 1.807) is 0 Å². The Morgan fingerprint density at radius 3 is 2.24 bits per heavy atom. The van der Waals surface area contributed by atoms with Gasteiger partial charge in [-0.05, 0) is 48.9 Å². The monoisotopic (exact) mass is 294 g/mol. The van der Waals surface area contributed by atoms with E-state index in [1.165, 1.54) is 6.42 Å². The number of hydrogen-bond acceptors (Lipinski definition) is 2. The molecule has 0 aromatic rings. The molecule has 21 heavy (non-hydrogen) atoms. The second kappa shape index (κ2) is 5.91. The van der Waals surface area contributed by atoms with Gasteiger partial charge in [-0.15, -0.1) is 0 Å². The minimum Gasteiger partial charge on any atom is -0.353 e. The van der Waals surface area contributed by atoms with Crippen LogP contribution in [0, 0.1) is 22.7 Å². The smallest absolute Gasteiger partial charge is 0.224 e. The summed E-state index contributed by atoms with van der Waals surface area (Å²) in [5.74, 6) is 0.684. The van der Waals surface area contributed by atoms with Gasteiger partial charge in [-0.25, -0.2) is 0 Å². The van der Waals surface area contributed by atoms with Crippen molar-refractivity contribution in [3.63, 3.8) is 0 Å². The molecule has 0 aliphatic heterocycles. The van der Waals surface area contributed by atoms with Crippen molar-refractivity contribution >= 4 is 5.91 Å². The molecule has 3 atom stereocenters. The van der Waals surface area contributed by atoms with E-state index in [1.807, 2.05) is 0 Å². The van der Waals surface area contributed by atoms with Crippen molar-refractivity contribution in [2.24, 2.45) is 28.4 Å². The van der Waals surface area contributed by atoms with Crippen LogP contribution in [0.25, 0.3) is 0 Å². The van der Waals surface area contributed by atoms with Crippen molar-refractivity contribution in [3.8, 4) is 0 Å². The number of rotatable bonds is 2. The molecule has 3 unspecified atom stereocenters. The lowest BCUT2D eigenvalue weighted by Gasteiger charge is -2.45. The van der Waals surface area contributed by atoms with Gasteiger partial charge in [0.05, 0.1) is 5.92 Å². The van der Waals surface area contributed by atoms with Gasteiger partial charge in [-0.2, -0.15) is 0 Å². The van der Waals surface area contributed by atoms with Gasteiger partial charge in [0.2, 0.25) is 5.91 Å². The highest BCUT2D eigenvalue weighted by Crippen LogP contribution is 2.45. The molecule has 0 radical (unpaired) electrons. The standard InChI is InChI=1S/C18H34N2O/c1-12-7-6-8-14(15(12)19)16(21)20-13-9-17(2,3)11-18(4,5)10-13/h12-15H,6-11,19H2,1-5H3,(H,20,21). The SMILES string of the molecule is CC1CCCC(C(=O)NC2CC(C)(C)CC(C)(C)C2)C1N. The molecule has 0 aromatic heterocycles. The molecule has 3 N–H and O–H groups in total. The molecule has 3 nitrogen and oxygen atoms in total. The first-order valence-electron chi connectivity index (χ1n) is 8.66. The fraction of sp³-hybridized carbons (Fsp3) is 0.944. The minimum absolute atomic E-state index is 0.0156. The van der Waals surface area contributed by atoms with Gasteiger partial charge >= 0.3 is 0 Å². The lowest BCUT2D eigenvalue weighted by molar-refractivity contribution is -0.128. The molecular weight excluding hydrogens is 260 g/mol. The maximum absolute atomic E-state index is 12.7. The maximum atomic E-state index is 12.7. The molecular formula is C18H34N2O. The Kier molecular flexibility index (Phi) is 4.72. The van der Waals surface area contributed by atoms with E-state index in [-0.39, 0.29) is 17.9 Å². The first-order valence-corrected chi connectivity index (χ1v) is 8.66. The van der Waals surface area contributed by atoms with Crippen LogP contribution in [0.4, 0.5) is 0 Å². The third-order valence-corrected chi connectivity index (χ3v) is 5.53. The number of amides is 1. The van der Waals surface area contributed by atoms with Crippen molar-refractivity contribution in [3.05, 3.63) is 0 Å². The molecule has 2 aliphatic carbocycles. The van der Waals surface area contributed by atoms with Crippen LogP contribution in [-0.4, -0.2) is 18.0 Å². The molecule has 0 heterocycles. The Bertz CT molecular complexity index is 373. The molecule has 2 aliphatic rings. The Hall–Kier alpha value is -0.570. The summed E-state index contributed by atoms with van der Waals surface area (Å²) in [6.07, 6.45) is 6.64. The summed E-state index contributed by atoms with van der Waals surface area (Å²) in [4.78, 5) is 12.7. The first-order chi connectivity index (χ1) is 9.60. The molecule has 0 saturated heterocycles. The highest BCUT2D eigenvalue weighted by Gasteiger charge is 2.40. The molecule has 0 aromatic carbocycles. The largest absolute Gasteiger partial charge is 0.353 e. The Labute approximate surface area is 130 Å². The molecule has 0 bridgehead atoms. The van der Waals surface area contributed by atoms with Gasteiger partial charge in [0.1, 0.15) is 0 Å². The van der Waals surface area contributed by atoms with Crippen LogP contribution < -0.4 is 11.1 Å². The molecule has 3 heteroatoms. The number of carbonyl (C=O) groups excluding carboxylic acids is 1. The van der Waals surface area contributed by atoms with Gasteiger partial charge in [0, 0.05) is 12.1 Å². The van der Waals surface area contributed by atoms with Gasteiger partial charge in [0.15, 0.2) is 0 Å². The van der Waals surface area contributed by atoms with Crippen LogP contribution in [0.1, 0.15) is 73.1 Å². The third-order valence-electron chi connectivity index (χ3n) is 5.53. The summed E-state index contributed by atoms with van der Waals surface area (Å²) < 4.78 is 0. The normalized spacial score (nSPS) is 36.2. The predicted octanol–water partition coefficient (Wildman–Crippen LogP) is 3.47. The highest BCUT2D eigenvalue weighted by atomic mass is 16.2. The quantitative estimate of drug-likeness (QED) is 0.819. The molecule has 122 valence electrons. The van der Waals surface area contributed by atoms with Crippen molar-refractivity contribution in [2.45, 2.75) is 85.2 Å². The number of nitrogens with one attached hydrogen (secondary N) is 1. The fourth-order valence-electron chi connectivity index (χ4n) is 5.00.